The van der Waals surface area contributed by atoms with Gasteiger partial charge in [0.05, 0.1) is 5.57 Å². The summed E-state index contributed by atoms with van der Waals surface area (Å²) in [6.07, 6.45) is -1.18. The molecule has 1 fully saturated rings. The van der Waals surface area contributed by atoms with Crippen LogP contribution in [-0.4, -0.2) is 23.2 Å². The first-order chi connectivity index (χ1) is 5.83. The number of aliphatic hydroxyl groups excluding tert-OH is 1. The lowest BCUT2D eigenvalue weighted by atomic mass is 10.1. The van der Waals surface area contributed by atoms with Gasteiger partial charge in [-0.3, -0.25) is 0 Å². The minimum atomic E-state index is -1.18. The van der Waals surface area contributed by atoms with Gasteiger partial charge in [0.1, 0.15) is 0 Å². The monoisotopic (exact) mass is 186 g/mol. The van der Waals surface area contributed by atoms with E-state index in [1.165, 1.54) is 0 Å². The van der Waals surface area contributed by atoms with Gasteiger partial charge in [0.15, 0.2) is 6.29 Å². The maximum atomic E-state index is 11.3. The highest BCUT2D eigenvalue weighted by Crippen LogP contribution is 2.27. The third-order valence-electron chi connectivity index (χ3n) is 1.74. The number of carbonyl (C=O) groups excluding carboxylic acids is 1. The lowest BCUT2D eigenvalue weighted by molar-refractivity contribution is -0.279. The Balaban J connectivity index is 2.96. The molecule has 0 aromatic heterocycles. The van der Waals surface area contributed by atoms with Crippen molar-refractivity contribution in [3.05, 3.63) is 11.1 Å². The number of hydrogen-bond donors (Lipinski definition) is 1. The smallest absolute Gasteiger partial charge is 0.341 e. The Hall–Kier alpha value is -0.870. The van der Waals surface area contributed by atoms with Crippen LogP contribution < -0.4 is 0 Å². The summed E-state index contributed by atoms with van der Waals surface area (Å²) in [6, 6.07) is 0. The molecule has 0 spiro atoms. The molecule has 1 aliphatic rings. The maximum Gasteiger partial charge on any atom is 0.341 e. The summed E-state index contributed by atoms with van der Waals surface area (Å²) in [7, 11) is 0. The van der Waals surface area contributed by atoms with Gasteiger partial charge < -0.3 is 14.6 Å². The zero-order valence-corrected chi connectivity index (χ0v) is 8.25. The molecule has 4 nitrogen and oxygen atoms in total. The van der Waals surface area contributed by atoms with Crippen molar-refractivity contribution in [3.63, 3.8) is 0 Å². The number of carbonyl (C=O) groups is 1. The third kappa shape index (κ3) is 2.08. The number of ether oxygens (including phenoxy) is 2. The Morgan fingerprint density at radius 2 is 2.00 bits per heavy atom. The predicted molar refractivity (Wildman–Crippen MR) is 45.6 cm³/mol. The molecule has 0 radical (unpaired) electrons. The first kappa shape index (κ1) is 10.2. The fraction of sp³-hybridized carbons (Fsp3) is 0.667. The minimum Gasteiger partial charge on any atom is -0.430 e. The van der Waals surface area contributed by atoms with Crippen molar-refractivity contribution < 1.29 is 19.4 Å². The molecular formula is C9H14O4. The van der Waals surface area contributed by atoms with E-state index in [0.29, 0.717) is 5.57 Å². The highest BCUT2D eigenvalue weighted by atomic mass is 16.8. The highest BCUT2D eigenvalue weighted by molar-refractivity contribution is 5.90. The van der Waals surface area contributed by atoms with Crippen molar-refractivity contribution in [1.29, 1.82) is 0 Å². The van der Waals surface area contributed by atoms with Gasteiger partial charge in [0.2, 0.25) is 5.79 Å². The van der Waals surface area contributed by atoms with E-state index in [4.69, 9.17) is 9.47 Å². The quantitative estimate of drug-likeness (QED) is 0.452. The van der Waals surface area contributed by atoms with Gasteiger partial charge in [-0.15, -0.1) is 0 Å². The average Bonchev–Trinajstić information content (AvgIpc) is 1.78. The lowest BCUT2D eigenvalue weighted by Crippen LogP contribution is -2.44. The van der Waals surface area contributed by atoms with Crippen LogP contribution in [0.2, 0.25) is 0 Å². The Labute approximate surface area is 77.1 Å². The fourth-order valence-corrected chi connectivity index (χ4v) is 1.18. The van der Waals surface area contributed by atoms with E-state index in [-0.39, 0.29) is 5.57 Å². The van der Waals surface area contributed by atoms with Gasteiger partial charge >= 0.3 is 5.97 Å². The molecule has 1 heterocycles. The summed E-state index contributed by atoms with van der Waals surface area (Å²) < 4.78 is 10.0. The van der Waals surface area contributed by atoms with Crippen molar-refractivity contribution in [3.8, 4) is 0 Å². The molecule has 4 heteroatoms. The van der Waals surface area contributed by atoms with Gasteiger partial charge in [-0.2, -0.15) is 0 Å². The number of cyclic esters (lactones) is 1. The SMILES string of the molecule is CC(C)=C1C(=O)OC(C)(C)OC1O. The van der Waals surface area contributed by atoms with Crippen molar-refractivity contribution >= 4 is 5.97 Å². The first-order valence-electron chi connectivity index (χ1n) is 4.10. The van der Waals surface area contributed by atoms with Crippen LogP contribution in [0.3, 0.4) is 0 Å². The number of allylic oxidation sites excluding steroid dienone is 1. The number of aliphatic hydroxyl groups is 1. The van der Waals surface area contributed by atoms with Gasteiger partial charge in [-0.05, 0) is 13.8 Å². The second kappa shape index (κ2) is 3.12. The van der Waals surface area contributed by atoms with Gasteiger partial charge in [-0.25, -0.2) is 4.79 Å². The molecule has 1 N–H and O–H groups in total. The average molecular weight is 186 g/mol. The molecule has 0 aromatic carbocycles. The van der Waals surface area contributed by atoms with Crippen LogP contribution in [0.25, 0.3) is 0 Å². The van der Waals surface area contributed by atoms with E-state index < -0.39 is 18.0 Å². The topological polar surface area (TPSA) is 55.8 Å². The van der Waals surface area contributed by atoms with Crippen molar-refractivity contribution in [2.24, 2.45) is 0 Å². The van der Waals surface area contributed by atoms with E-state index >= 15 is 0 Å². The summed E-state index contributed by atoms with van der Waals surface area (Å²) in [5.41, 5.74) is 0.896. The molecule has 1 rings (SSSR count). The summed E-state index contributed by atoms with van der Waals surface area (Å²) >= 11 is 0. The van der Waals surface area contributed by atoms with Gasteiger partial charge in [0.25, 0.3) is 0 Å². The lowest BCUT2D eigenvalue weighted by Gasteiger charge is -2.34. The van der Waals surface area contributed by atoms with E-state index in [9.17, 15) is 9.90 Å². The van der Waals surface area contributed by atoms with E-state index in [1.807, 2.05) is 0 Å². The van der Waals surface area contributed by atoms with Gasteiger partial charge in [0, 0.05) is 13.8 Å². The molecule has 0 saturated carbocycles. The van der Waals surface area contributed by atoms with Crippen LogP contribution >= 0.6 is 0 Å². The van der Waals surface area contributed by atoms with E-state index in [1.54, 1.807) is 27.7 Å². The Kier molecular flexibility index (Phi) is 2.45. The van der Waals surface area contributed by atoms with Crippen molar-refractivity contribution in [1.82, 2.24) is 0 Å². The normalized spacial score (nSPS) is 27.0. The second-order valence-corrected chi connectivity index (χ2v) is 3.67. The summed E-state index contributed by atoms with van der Waals surface area (Å²) in [5.74, 6) is -1.56. The summed E-state index contributed by atoms with van der Waals surface area (Å²) in [4.78, 5) is 11.3. The van der Waals surface area contributed by atoms with Crippen LogP contribution in [0.15, 0.2) is 11.1 Å². The largest absolute Gasteiger partial charge is 0.430 e. The zero-order chi connectivity index (χ0) is 10.2. The highest BCUT2D eigenvalue weighted by Gasteiger charge is 2.38. The van der Waals surface area contributed by atoms with Gasteiger partial charge in [-0.1, -0.05) is 5.57 Å². The fourth-order valence-electron chi connectivity index (χ4n) is 1.18. The third-order valence-corrected chi connectivity index (χ3v) is 1.74. The van der Waals surface area contributed by atoms with Crippen molar-refractivity contribution in [2.75, 3.05) is 0 Å². The zero-order valence-electron chi connectivity index (χ0n) is 8.25. The van der Waals surface area contributed by atoms with E-state index in [2.05, 4.69) is 0 Å². The molecule has 1 atom stereocenters. The summed E-state index contributed by atoms with van der Waals surface area (Å²) in [6.45, 7) is 6.61. The molecule has 1 saturated heterocycles. The number of esters is 1. The standard InChI is InChI=1S/C9H14O4/c1-5(2)6-7(10)12-9(3,4)13-8(6)11/h7,10H,1-4H3. The summed E-state index contributed by atoms with van der Waals surface area (Å²) in [5, 5.41) is 9.46. The Morgan fingerprint density at radius 1 is 1.46 bits per heavy atom. The molecule has 74 valence electrons. The molecule has 1 unspecified atom stereocenters. The number of rotatable bonds is 0. The molecule has 0 aromatic rings. The van der Waals surface area contributed by atoms with Crippen molar-refractivity contribution in [2.45, 2.75) is 39.8 Å². The van der Waals surface area contributed by atoms with Crippen LogP contribution in [0.4, 0.5) is 0 Å². The van der Waals surface area contributed by atoms with Crippen LogP contribution in [0.1, 0.15) is 27.7 Å². The Bertz CT molecular complexity index is 261. The Morgan fingerprint density at radius 3 is 2.38 bits per heavy atom. The van der Waals surface area contributed by atoms with Crippen LogP contribution in [0.5, 0.6) is 0 Å². The molecule has 1 aliphatic heterocycles. The molecular weight excluding hydrogens is 172 g/mol. The molecule has 0 amide bonds. The van der Waals surface area contributed by atoms with Crippen LogP contribution in [-0.2, 0) is 14.3 Å². The minimum absolute atomic E-state index is 0.194. The van der Waals surface area contributed by atoms with E-state index in [0.717, 1.165) is 0 Å². The number of hydrogen-bond acceptors (Lipinski definition) is 4. The predicted octanol–water partition coefficient (Wildman–Crippen LogP) is 0.951. The second-order valence-electron chi connectivity index (χ2n) is 3.67. The molecule has 13 heavy (non-hydrogen) atoms. The molecule has 0 aliphatic carbocycles. The first-order valence-corrected chi connectivity index (χ1v) is 4.10. The maximum absolute atomic E-state index is 11.3. The van der Waals surface area contributed by atoms with Crippen LogP contribution in [0, 0.1) is 0 Å². The molecule has 0 bridgehead atoms.